The van der Waals surface area contributed by atoms with Crippen LogP contribution >= 0.6 is 24.2 Å². The molecule has 1 saturated heterocycles. The van der Waals surface area contributed by atoms with Gasteiger partial charge in [0.2, 0.25) is 5.91 Å². The van der Waals surface area contributed by atoms with E-state index >= 15 is 0 Å². The largest absolute Gasteiger partial charge is 0.352 e. The van der Waals surface area contributed by atoms with Gasteiger partial charge in [-0.2, -0.15) is 16.9 Å². The summed E-state index contributed by atoms with van der Waals surface area (Å²) in [7, 11) is 1.87. The number of nitrogens with zero attached hydrogens (tertiary/aromatic N) is 2. The van der Waals surface area contributed by atoms with Crippen LogP contribution in [0.25, 0.3) is 0 Å². The summed E-state index contributed by atoms with van der Waals surface area (Å²) in [5.74, 6) is 2.28. The van der Waals surface area contributed by atoms with Crippen molar-refractivity contribution < 1.29 is 4.79 Å². The quantitative estimate of drug-likeness (QED) is 0.850. The lowest BCUT2D eigenvalue weighted by molar-refractivity contribution is -0.121. The molecule has 0 radical (unpaired) electrons. The number of carbonyl (C=O) groups is 1. The minimum atomic E-state index is 0. The van der Waals surface area contributed by atoms with Crippen LogP contribution in [-0.2, 0) is 18.4 Å². The maximum Gasteiger partial charge on any atom is 0.221 e. The van der Waals surface area contributed by atoms with Gasteiger partial charge in [-0.15, -0.1) is 12.4 Å². The molecule has 2 N–H and O–H groups in total. The van der Waals surface area contributed by atoms with Gasteiger partial charge in [-0.05, 0) is 0 Å². The third-order valence-electron chi connectivity index (χ3n) is 2.68. The van der Waals surface area contributed by atoms with E-state index in [1.807, 2.05) is 25.0 Å². The van der Waals surface area contributed by atoms with E-state index in [1.165, 1.54) is 0 Å². The van der Waals surface area contributed by atoms with Gasteiger partial charge in [-0.3, -0.25) is 9.48 Å². The van der Waals surface area contributed by atoms with Crippen LogP contribution in [0, 0.1) is 0 Å². The SMILES string of the molecule is Cl.Cn1cc(CNC(=O)CC2CSCCN2)cn1. The third kappa shape index (κ3) is 4.88. The highest BCUT2D eigenvalue weighted by molar-refractivity contribution is 7.99. The van der Waals surface area contributed by atoms with Gasteiger partial charge >= 0.3 is 0 Å². The monoisotopic (exact) mass is 290 g/mol. The number of aromatic nitrogens is 2. The van der Waals surface area contributed by atoms with E-state index in [4.69, 9.17) is 0 Å². The summed E-state index contributed by atoms with van der Waals surface area (Å²) >= 11 is 1.91. The molecule has 0 bridgehead atoms. The first-order valence-corrected chi connectivity index (χ1v) is 6.95. The molecule has 0 aromatic carbocycles. The minimum Gasteiger partial charge on any atom is -0.352 e. The Balaban J connectivity index is 0.00000162. The molecule has 0 saturated carbocycles. The molecule has 1 fully saturated rings. The summed E-state index contributed by atoms with van der Waals surface area (Å²) < 4.78 is 1.74. The maximum atomic E-state index is 11.7. The Bertz CT molecular complexity index is 379. The van der Waals surface area contributed by atoms with Crippen molar-refractivity contribution in [3.05, 3.63) is 18.0 Å². The first kappa shape index (κ1) is 15.3. The molecule has 1 aromatic rings. The lowest BCUT2D eigenvalue weighted by Crippen LogP contribution is -2.41. The molecular formula is C11H19ClN4OS. The number of amides is 1. The van der Waals surface area contributed by atoms with Gasteiger partial charge < -0.3 is 10.6 Å². The molecule has 1 atom stereocenters. The summed E-state index contributed by atoms with van der Waals surface area (Å²) in [5, 5.41) is 10.3. The summed E-state index contributed by atoms with van der Waals surface area (Å²) in [6.07, 6.45) is 4.25. The van der Waals surface area contributed by atoms with E-state index in [2.05, 4.69) is 15.7 Å². The molecule has 7 heteroatoms. The van der Waals surface area contributed by atoms with Crippen molar-refractivity contribution in [3.63, 3.8) is 0 Å². The number of thioether (sulfide) groups is 1. The fraction of sp³-hybridized carbons (Fsp3) is 0.636. The van der Waals surface area contributed by atoms with E-state index in [9.17, 15) is 4.79 Å². The molecule has 1 aliphatic rings. The first-order chi connectivity index (χ1) is 8.24. The van der Waals surface area contributed by atoms with Crippen LogP contribution in [0.2, 0.25) is 0 Å². The van der Waals surface area contributed by atoms with Crippen LogP contribution in [0.3, 0.4) is 0 Å². The molecule has 102 valence electrons. The van der Waals surface area contributed by atoms with Crippen LogP contribution in [0.15, 0.2) is 12.4 Å². The topological polar surface area (TPSA) is 59.0 Å². The Kier molecular flexibility index (Phi) is 6.52. The Morgan fingerprint density at radius 3 is 3.17 bits per heavy atom. The van der Waals surface area contributed by atoms with Crippen molar-refractivity contribution >= 4 is 30.1 Å². The van der Waals surface area contributed by atoms with Crippen LogP contribution in [0.4, 0.5) is 0 Å². The number of aryl methyl sites for hydroxylation is 1. The van der Waals surface area contributed by atoms with Crippen molar-refractivity contribution in [1.29, 1.82) is 0 Å². The summed E-state index contributed by atoms with van der Waals surface area (Å²) in [6.45, 7) is 1.57. The summed E-state index contributed by atoms with van der Waals surface area (Å²) in [5.41, 5.74) is 1.03. The Labute approximate surface area is 117 Å². The average molecular weight is 291 g/mol. The number of carbonyl (C=O) groups excluding carboxylic acids is 1. The molecule has 5 nitrogen and oxygen atoms in total. The molecule has 18 heavy (non-hydrogen) atoms. The van der Waals surface area contributed by atoms with Crippen molar-refractivity contribution in [3.8, 4) is 0 Å². The number of halogens is 1. The zero-order chi connectivity index (χ0) is 12.1. The van der Waals surface area contributed by atoms with Crippen LogP contribution in [0.1, 0.15) is 12.0 Å². The fourth-order valence-electron chi connectivity index (χ4n) is 1.81. The number of rotatable bonds is 4. The summed E-state index contributed by atoms with van der Waals surface area (Å²) in [4.78, 5) is 11.7. The van der Waals surface area contributed by atoms with E-state index in [0.717, 1.165) is 23.6 Å². The van der Waals surface area contributed by atoms with Gasteiger partial charge in [0.15, 0.2) is 0 Å². The van der Waals surface area contributed by atoms with Crippen molar-refractivity contribution in [2.75, 3.05) is 18.1 Å². The normalized spacial score (nSPS) is 19.1. The highest BCUT2D eigenvalue weighted by atomic mass is 35.5. The number of hydrogen-bond donors (Lipinski definition) is 2. The number of nitrogens with one attached hydrogen (secondary N) is 2. The van der Waals surface area contributed by atoms with Crippen molar-refractivity contribution in [2.24, 2.45) is 7.05 Å². The summed E-state index contributed by atoms with van der Waals surface area (Å²) in [6, 6.07) is 0.322. The molecule has 2 heterocycles. The Hall–Kier alpha value is -0.720. The number of hydrogen-bond acceptors (Lipinski definition) is 4. The van der Waals surface area contributed by atoms with Gasteiger partial charge in [0.05, 0.1) is 6.20 Å². The maximum absolute atomic E-state index is 11.7. The second-order valence-electron chi connectivity index (χ2n) is 4.23. The Morgan fingerprint density at radius 2 is 2.56 bits per heavy atom. The lowest BCUT2D eigenvalue weighted by atomic mass is 10.2. The molecule has 1 amide bonds. The standard InChI is InChI=1S/C11H18N4OS.ClH/c1-15-7-9(6-14-15)5-13-11(16)4-10-8-17-3-2-12-10;/h6-7,10,12H,2-5,8H2,1H3,(H,13,16);1H. The van der Waals surface area contributed by atoms with E-state index in [0.29, 0.717) is 19.0 Å². The third-order valence-corrected chi connectivity index (χ3v) is 3.81. The van der Waals surface area contributed by atoms with Crippen molar-refractivity contribution in [1.82, 2.24) is 20.4 Å². The lowest BCUT2D eigenvalue weighted by Gasteiger charge is -2.22. The van der Waals surface area contributed by atoms with Crippen LogP contribution < -0.4 is 10.6 Å². The molecule has 1 unspecified atom stereocenters. The predicted molar refractivity (Wildman–Crippen MR) is 76.0 cm³/mol. The van der Waals surface area contributed by atoms with Gasteiger partial charge in [-0.1, -0.05) is 0 Å². The smallest absolute Gasteiger partial charge is 0.221 e. The molecule has 0 spiro atoms. The molecule has 0 aliphatic carbocycles. The highest BCUT2D eigenvalue weighted by Gasteiger charge is 2.16. The molecular weight excluding hydrogens is 272 g/mol. The zero-order valence-electron chi connectivity index (χ0n) is 10.4. The second-order valence-corrected chi connectivity index (χ2v) is 5.38. The molecule has 1 aliphatic heterocycles. The van der Waals surface area contributed by atoms with E-state index in [-0.39, 0.29) is 18.3 Å². The predicted octanol–water partition coefficient (Wildman–Crippen LogP) is 0.553. The van der Waals surface area contributed by atoms with Crippen LogP contribution in [-0.4, -0.2) is 39.8 Å². The van der Waals surface area contributed by atoms with Crippen LogP contribution in [0.5, 0.6) is 0 Å². The average Bonchev–Trinajstić information content (AvgIpc) is 2.74. The molecule has 1 aromatic heterocycles. The second kappa shape index (κ2) is 7.66. The van der Waals surface area contributed by atoms with Gasteiger partial charge in [0, 0.05) is 55.9 Å². The minimum absolute atomic E-state index is 0. The molecule has 2 rings (SSSR count). The van der Waals surface area contributed by atoms with Crippen molar-refractivity contribution in [2.45, 2.75) is 19.0 Å². The highest BCUT2D eigenvalue weighted by Crippen LogP contribution is 2.10. The fourth-order valence-corrected chi connectivity index (χ4v) is 2.76. The van der Waals surface area contributed by atoms with E-state index in [1.54, 1.807) is 10.9 Å². The first-order valence-electron chi connectivity index (χ1n) is 5.79. The van der Waals surface area contributed by atoms with E-state index < -0.39 is 0 Å². The zero-order valence-corrected chi connectivity index (χ0v) is 12.0. The van der Waals surface area contributed by atoms with Gasteiger partial charge in [0.1, 0.15) is 0 Å². The van der Waals surface area contributed by atoms with Gasteiger partial charge in [0.25, 0.3) is 0 Å². The Morgan fingerprint density at radius 1 is 1.72 bits per heavy atom. The van der Waals surface area contributed by atoms with Gasteiger partial charge in [-0.25, -0.2) is 0 Å².